The number of rotatable bonds is 4. The second-order valence-electron chi connectivity index (χ2n) is 14.0. The average molecular weight is 525 g/mol. The number of carbonyl (C=O) groups is 2. The zero-order valence-electron chi connectivity index (χ0n) is 24.4. The first-order valence-electron chi connectivity index (χ1n) is 15.2. The molecule has 5 rings (SSSR count). The predicted octanol–water partition coefficient (Wildman–Crippen LogP) is 6.26. The van der Waals surface area contributed by atoms with Crippen molar-refractivity contribution in [2.75, 3.05) is 6.54 Å². The third-order valence-corrected chi connectivity index (χ3v) is 12.0. The van der Waals surface area contributed by atoms with Crippen molar-refractivity contribution in [3.8, 4) is 6.19 Å². The maximum Gasteiger partial charge on any atom is 0.302 e. The molecule has 0 spiro atoms. The van der Waals surface area contributed by atoms with Gasteiger partial charge in [-0.3, -0.25) is 9.59 Å². The molecule has 0 N–H and O–H groups in total. The molecule has 0 unspecified atom stereocenters. The fraction of sp³-hybridized carbons (Fsp3) is 0.844. The first kappa shape index (κ1) is 27.5. The van der Waals surface area contributed by atoms with E-state index in [1.807, 2.05) is 4.90 Å². The van der Waals surface area contributed by atoms with Crippen molar-refractivity contribution in [1.82, 2.24) is 4.90 Å². The van der Waals surface area contributed by atoms with Crippen molar-refractivity contribution < 1.29 is 19.1 Å². The minimum Gasteiger partial charge on any atom is -0.462 e. The van der Waals surface area contributed by atoms with E-state index < -0.39 is 0 Å². The molecule has 5 aliphatic rings. The molecule has 1 aliphatic heterocycles. The maximum atomic E-state index is 12.3. The van der Waals surface area contributed by atoms with Gasteiger partial charge in [0.05, 0.1) is 0 Å². The Hall–Kier alpha value is -2.03. The Bertz CT molecular complexity index is 1020. The van der Waals surface area contributed by atoms with Gasteiger partial charge in [-0.15, -0.1) is 0 Å². The zero-order valence-corrected chi connectivity index (χ0v) is 24.4. The third-order valence-electron chi connectivity index (χ3n) is 12.0. The highest BCUT2D eigenvalue weighted by Crippen LogP contribution is 2.68. The summed E-state index contributed by atoms with van der Waals surface area (Å²) in [4.78, 5) is 26.0. The fourth-order valence-corrected chi connectivity index (χ4v) is 10.3. The van der Waals surface area contributed by atoms with Crippen LogP contribution in [-0.4, -0.2) is 41.6 Å². The van der Waals surface area contributed by atoms with E-state index in [-0.39, 0.29) is 46.9 Å². The van der Waals surface area contributed by atoms with E-state index in [0.29, 0.717) is 29.6 Å². The largest absolute Gasteiger partial charge is 0.462 e. The summed E-state index contributed by atoms with van der Waals surface area (Å²) in [6.07, 6.45) is 14.4. The van der Waals surface area contributed by atoms with Gasteiger partial charge in [0.1, 0.15) is 12.2 Å². The van der Waals surface area contributed by atoms with Crippen molar-refractivity contribution in [2.24, 2.45) is 46.3 Å². The number of piperidine rings is 1. The Morgan fingerprint density at radius 2 is 1.82 bits per heavy atom. The van der Waals surface area contributed by atoms with Crippen LogP contribution in [-0.2, 0) is 19.1 Å². The van der Waals surface area contributed by atoms with Crippen molar-refractivity contribution in [3.05, 3.63) is 11.6 Å². The van der Waals surface area contributed by atoms with E-state index in [1.54, 1.807) is 6.92 Å². The molecule has 1 saturated heterocycles. The van der Waals surface area contributed by atoms with E-state index in [1.165, 1.54) is 18.9 Å². The number of likely N-dealkylation sites (tertiary alicyclic amines) is 1. The second kappa shape index (κ2) is 10.2. The molecule has 38 heavy (non-hydrogen) atoms. The standard InChI is InChI=1S/C32H48N2O4/c1-19-7-10-28(34(17-19)18-33)20(2)30-29(38-22(4)36)16-27-25-9-8-23-15-24(37-21(3)35)11-13-31(23,5)26(25)12-14-32(27,30)6/h8,19-20,24-30H,7,9-17H2,1-6H3/t19-,20+,24+,25+,26-,27+,28-,29-,30-,31+,32+/m0/s1. The van der Waals surface area contributed by atoms with Crippen molar-refractivity contribution >= 4 is 11.9 Å². The van der Waals surface area contributed by atoms with Crippen LogP contribution in [0.25, 0.3) is 0 Å². The van der Waals surface area contributed by atoms with Gasteiger partial charge in [0.15, 0.2) is 6.19 Å². The van der Waals surface area contributed by atoms with E-state index >= 15 is 0 Å². The quantitative estimate of drug-likeness (QED) is 0.245. The van der Waals surface area contributed by atoms with Crippen LogP contribution >= 0.6 is 0 Å². The van der Waals surface area contributed by atoms with E-state index in [9.17, 15) is 14.9 Å². The smallest absolute Gasteiger partial charge is 0.302 e. The summed E-state index contributed by atoms with van der Waals surface area (Å²) in [7, 11) is 0. The Balaban J connectivity index is 1.43. The molecule has 11 atom stereocenters. The molecule has 6 heteroatoms. The zero-order chi connectivity index (χ0) is 27.4. The summed E-state index contributed by atoms with van der Waals surface area (Å²) >= 11 is 0. The lowest BCUT2D eigenvalue weighted by molar-refractivity contribution is -0.152. The molecule has 0 aromatic carbocycles. The van der Waals surface area contributed by atoms with Crippen LogP contribution in [0.4, 0.5) is 0 Å². The highest BCUT2D eigenvalue weighted by atomic mass is 16.5. The SMILES string of the molecule is CC(=O)O[C@@H]1CC[C@]2(C)C(=CC[C@H]3[C@H]4C[C@H](OC(C)=O)[C@H]([C@H](C)[C@@H]5CC[C@H](C)CN5C#N)[C@]4(C)CC[C@@H]32)C1. The van der Waals surface area contributed by atoms with Crippen LogP contribution in [0, 0.1) is 57.8 Å². The predicted molar refractivity (Wildman–Crippen MR) is 145 cm³/mol. The Labute approximate surface area is 229 Å². The molecule has 6 nitrogen and oxygen atoms in total. The van der Waals surface area contributed by atoms with Crippen molar-refractivity contribution in [2.45, 2.75) is 118 Å². The number of hydrogen-bond donors (Lipinski definition) is 0. The van der Waals surface area contributed by atoms with E-state index in [2.05, 4.69) is 40.0 Å². The van der Waals surface area contributed by atoms with Crippen LogP contribution < -0.4 is 0 Å². The monoisotopic (exact) mass is 524 g/mol. The van der Waals surface area contributed by atoms with Gasteiger partial charge in [0.2, 0.25) is 0 Å². The minimum atomic E-state index is -0.179. The van der Waals surface area contributed by atoms with E-state index in [4.69, 9.17) is 9.47 Å². The molecule has 0 aromatic heterocycles. The number of fused-ring (bicyclic) bond motifs is 5. The molecule has 210 valence electrons. The summed E-state index contributed by atoms with van der Waals surface area (Å²) in [6.45, 7) is 13.4. The number of esters is 2. The molecule has 4 fully saturated rings. The second-order valence-corrected chi connectivity index (χ2v) is 14.0. The molecule has 0 bridgehead atoms. The minimum absolute atomic E-state index is 0.0172. The normalized spacial score (nSPS) is 45.0. The lowest BCUT2D eigenvalue weighted by Gasteiger charge is -2.58. The highest BCUT2D eigenvalue weighted by Gasteiger charge is 2.63. The molecule has 1 heterocycles. The first-order valence-corrected chi connectivity index (χ1v) is 15.2. The molecule has 3 saturated carbocycles. The summed E-state index contributed by atoms with van der Waals surface area (Å²) < 4.78 is 11.8. The van der Waals surface area contributed by atoms with Crippen LogP contribution in [0.1, 0.15) is 99.3 Å². The number of hydrogen-bond acceptors (Lipinski definition) is 6. The van der Waals surface area contributed by atoms with Gasteiger partial charge < -0.3 is 14.4 Å². The summed E-state index contributed by atoms with van der Waals surface area (Å²) in [6, 6.07) is 0.222. The van der Waals surface area contributed by atoms with Crippen LogP contribution in [0.2, 0.25) is 0 Å². The van der Waals surface area contributed by atoms with Gasteiger partial charge in [-0.2, -0.15) is 5.26 Å². The van der Waals surface area contributed by atoms with Crippen LogP contribution in [0.15, 0.2) is 11.6 Å². The average Bonchev–Trinajstić information content (AvgIpc) is 3.14. The Kier molecular flexibility index (Phi) is 7.37. The molecule has 0 radical (unpaired) electrons. The molecule has 0 amide bonds. The van der Waals surface area contributed by atoms with Gasteiger partial charge in [0, 0.05) is 38.8 Å². The maximum absolute atomic E-state index is 12.3. The lowest BCUT2D eigenvalue weighted by Crippen LogP contribution is -2.53. The van der Waals surface area contributed by atoms with Crippen molar-refractivity contribution in [1.29, 1.82) is 5.26 Å². The lowest BCUT2D eigenvalue weighted by atomic mass is 9.46. The number of allylic oxidation sites excluding steroid dienone is 1. The first-order chi connectivity index (χ1) is 18.0. The number of ether oxygens (including phenoxy) is 2. The number of nitrogens with zero attached hydrogens (tertiary/aromatic N) is 2. The van der Waals surface area contributed by atoms with Gasteiger partial charge in [-0.1, -0.05) is 39.3 Å². The Morgan fingerprint density at radius 3 is 2.50 bits per heavy atom. The van der Waals surface area contributed by atoms with Gasteiger partial charge in [-0.05, 0) is 91.8 Å². The number of nitriles is 1. The summed E-state index contributed by atoms with van der Waals surface area (Å²) in [5.74, 6) is 2.47. The van der Waals surface area contributed by atoms with Crippen LogP contribution in [0.5, 0.6) is 0 Å². The molecule has 4 aliphatic carbocycles. The van der Waals surface area contributed by atoms with E-state index in [0.717, 1.165) is 57.9 Å². The van der Waals surface area contributed by atoms with Gasteiger partial charge in [-0.25, -0.2) is 0 Å². The summed E-state index contributed by atoms with van der Waals surface area (Å²) in [5.41, 5.74) is 1.76. The van der Waals surface area contributed by atoms with Crippen molar-refractivity contribution in [3.63, 3.8) is 0 Å². The van der Waals surface area contributed by atoms with Gasteiger partial charge >= 0.3 is 11.9 Å². The van der Waals surface area contributed by atoms with Crippen LogP contribution in [0.3, 0.4) is 0 Å². The fourth-order valence-electron chi connectivity index (χ4n) is 10.3. The topological polar surface area (TPSA) is 79.6 Å². The Morgan fingerprint density at radius 1 is 1.08 bits per heavy atom. The molecular weight excluding hydrogens is 476 g/mol. The molecular formula is C32H48N2O4. The third kappa shape index (κ3) is 4.56. The molecule has 0 aromatic rings. The number of carbonyl (C=O) groups excluding carboxylic acids is 2. The van der Waals surface area contributed by atoms with Gasteiger partial charge in [0.25, 0.3) is 0 Å². The highest BCUT2D eigenvalue weighted by molar-refractivity contribution is 5.66. The summed E-state index contributed by atoms with van der Waals surface area (Å²) in [5, 5.41) is 10.00.